The van der Waals surface area contributed by atoms with Crippen LogP contribution in [0.1, 0.15) is 0 Å². The van der Waals surface area contributed by atoms with Gasteiger partial charge in [0, 0.05) is 38.6 Å². The molecule has 1 aliphatic rings. The lowest BCUT2D eigenvalue weighted by atomic mass is 10.3. The van der Waals surface area contributed by atoms with Crippen LogP contribution in [-0.2, 0) is 0 Å². The lowest BCUT2D eigenvalue weighted by Gasteiger charge is -2.28. The van der Waals surface area contributed by atoms with Gasteiger partial charge in [-0.05, 0) is 6.07 Å². The largest absolute Gasteiger partial charge is 0.368 e. The molecular weight excluding hydrogens is 138 g/mol. The molecule has 0 aromatic carbocycles. The Labute approximate surface area is 66.4 Å². The van der Waals surface area contributed by atoms with Crippen molar-refractivity contribution in [3.63, 3.8) is 0 Å². The van der Waals surface area contributed by atoms with E-state index in [2.05, 4.69) is 21.3 Å². The summed E-state index contributed by atoms with van der Waals surface area (Å²) in [5.41, 5.74) is 1.31. The van der Waals surface area contributed by atoms with Gasteiger partial charge in [-0.3, -0.25) is 0 Å². The first-order chi connectivity index (χ1) is 5.47. The second kappa shape index (κ2) is 2.96. The number of aromatic nitrogens is 1. The molecule has 3 heteroatoms. The molecule has 0 amide bonds. The maximum absolute atomic E-state index is 3.32. The molecule has 0 spiro atoms. The number of hydrogen-bond donors (Lipinski definition) is 2. The van der Waals surface area contributed by atoms with Gasteiger partial charge in [-0.25, -0.2) is 0 Å². The number of rotatable bonds is 1. The highest BCUT2D eigenvalue weighted by atomic mass is 15.2. The first-order valence-corrected chi connectivity index (χ1v) is 4.05. The fraction of sp³-hybridized carbons (Fsp3) is 0.500. The highest BCUT2D eigenvalue weighted by Gasteiger charge is 2.09. The summed E-state index contributed by atoms with van der Waals surface area (Å²) in [5.74, 6) is 0. The molecule has 0 unspecified atom stereocenters. The van der Waals surface area contributed by atoms with E-state index >= 15 is 0 Å². The highest BCUT2D eigenvalue weighted by molar-refractivity contribution is 5.44. The Morgan fingerprint density at radius 3 is 2.73 bits per heavy atom. The summed E-state index contributed by atoms with van der Waals surface area (Å²) in [7, 11) is 0. The Bertz CT molecular complexity index is 199. The zero-order valence-electron chi connectivity index (χ0n) is 6.51. The zero-order valence-corrected chi connectivity index (χ0v) is 6.51. The fourth-order valence-electron chi connectivity index (χ4n) is 1.43. The average Bonchev–Trinajstić information content (AvgIpc) is 2.58. The van der Waals surface area contributed by atoms with Gasteiger partial charge in [0.1, 0.15) is 0 Å². The van der Waals surface area contributed by atoms with Crippen LogP contribution in [0.3, 0.4) is 0 Å². The summed E-state index contributed by atoms with van der Waals surface area (Å²) >= 11 is 0. The standard InChI is InChI=1S/C8H13N3/c1-2-10-7-8(1)11-5-3-9-4-6-11/h1-2,7,9-10H,3-6H2. The summed E-state index contributed by atoms with van der Waals surface area (Å²) in [6.45, 7) is 4.45. The normalized spacial score (nSPS) is 18.7. The molecule has 2 N–H and O–H groups in total. The van der Waals surface area contributed by atoms with Crippen molar-refractivity contribution in [2.75, 3.05) is 31.1 Å². The van der Waals surface area contributed by atoms with Crippen molar-refractivity contribution in [1.82, 2.24) is 10.3 Å². The van der Waals surface area contributed by atoms with Crippen LogP contribution in [0.4, 0.5) is 5.69 Å². The van der Waals surface area contributed by atoms with Crippen LogP contribution >= 0.6 is 0 Å². The number of aromatic amines is 1. The Morgan fingerprint density at radius 1 is 1.27 bits per heavy atom. The van der Waals surface area contributed by atoms with Crippen molar-refractivity contribution in [3.8, 4) is 0 Å². The quantitative estimate of drug-likeness (QED) is 0.609. The number of hydrogen-bond acceptors (Lipinski definition) is 2. The third-order valence-corrected chi connectivity index (χ3v) is 2.06. The molecule has 1 aliphatic heterocycles. The molecule has 1 saturated heterocycles. The number of piperazine rings is 1. The van der Waals surface area contributed by atoms with Crippen LogP contribution in [0.15, 0.2) is 18.5 Å². The minimum atomic E-state index is 1.10. The van der Waals surface area contributed by atoms with E-state index in [1.807, 2.05) is 12.4 Å². The van der Waals surface area contributed by atoms with Crippen LogP contribution in [0.2, 0.25) is 0 Å². The number of nitrogens with zero attached hydrogens (tertiary/aromatic N) is 1. The molecule has 0 aliphatic carbocycles. The molecule has 1 aromatic rings. The Balaban J connectivity index is 2.04. The van der Waals surface area contributed by atoms with E-state index in [4.69, 9.17) is 0 Å². The summed E-state index contributed by atoms with van der Waals surface area (Å²) < 4.78 is 0. The molecule has 60 valence electrons. The summed E-state index contributed by atoms with van der Waals surface area (Å²) in [5, 5.41) is 3.32. The van der Waals surface area contributed by atoms with E-state index in [9.17, 15) is 0 Å². The monoisotopic (exact) mass is 151 g/mol. The lowest BCUT2D eigenvalue weighted by Crippen LogP contribution is -2.43. The molecule has 2 heterocycles. The topological polar surface area (TPSA) is 31.1 Å². The molecule has 1 aromatic heterocycles. The van der Waals surface area contributed by atoms with E-state index in [1.54, 1.807) is 0 Å². The van der Waals surface area contributed by atoms with Gasteiger partial charge in [-0.1, -0.05) is 0 Å². The predicted octanol–water partition coefficient (Wildman–Crippen LogP) is 0.424. The SMILES string of the molecule is c1cc(N2CCNCC2)c[nH]1. The fourth-order valence-corrected chi connectivity index (χ4v) is 1.43. The summed E-state index contributed by atoms with van der Waals surface area (Å²) in [4.78, 5) is 5.45. The van der Waals surface area contributed by atoms with E-state index < -0.39 is 0 Å². The molecule has 2 rings (SSSR count). The first-order valence-electron chi connectivity index (χ1n) is 4.05. The van der Waals surface area contributed by atoms with E-state index in [-0.39, 0.29) is 0 Å². The zero-order chi connectivity index (χ0) is 7.52. The number of anilines is 1. The second-order valence-electron chi connectivity index (χ2n) is 2.81. The van der Waals surface area contributed by atoms with E-state index in [0.717, 1.165) is 26.2 Å². The Hall–Kier alpha value is -0.960. The molecule has 0 saturated carbocycles. The van der Waals surface area contributed by atoms with E-state index in [0.29, 0.717) is 0 Å². The van der Waals surface area contributed by atoms with Gasteiger partial charge < -0.3 is 15.2 Å². The van der Waals surface area contributed by atoms with Crippen LogP contribution in [0.25, 0.3) is 0 Å². The third-order valence-electron chi connectivity index (χ3n) is 2.06. The highest BCUT2D eigenvalue weighted by Crippen LogP contribution is 2.11. The first kappa shape index (κ1) is 6.73. The minimum absolute atomic E-state index is 1.10. The van der Waals surface area contributed by atoms with Crippen molar-refractivity contribution in [2.24, 2.45) is 0 Å². The van der Waals surface area contributed by atoms with Crippen molar-refractivity contribution in [1.29, 1.82) is 0 Å². The number of H-pyrrole nitrogens is 1. The van der Waals surface area contributed by atoms with Gasteiger partial charge in [0.05, 0.1) is 5.69 Å². The average molecular weight is 151 g/mol. The van der Waals surface area contributed by atoms with Crippen LogP contribution in [0, 0.1) is 0 Å². The summed E-state index contributed by atoms with van der Waals surface area (Å²) in [6.07, 6.45) is 4.02. The van der Waals surface area contributed by atoms with Gasteiger partial charge in [-0.15, -0.1) is 0 Å². The molecule has 3 nitrogen and oxygen atoms in total. The van der Waals surface area contributed by atoms with Gasteiger partial charge in [0.25, 0.3) is 0 Å². The van der Waals surface area contributed by atoms with Crippen LogP contribution in [-0.4, -0.2) is 31.2 Å². The van der Waals surface area contributed by atoms with Gasteiger partial charge in [0.15, 0.2) is 0 Å². The van der Waals surface area contributed by atoms with Crippen molar-refractivity contribution >= 4 is 5.69 Å². The van der Waals surface area contributed by atoms with Gasteiger partial charge >= 0.3 is 0 Å². The van der Waals surface area contributed by atoms with Gasteiger partial charge in [0.2, 0.25) is 0 Å². The van der Waals surface area contributed by atoms with Crippen molar-refractivity contribution in [2.45, 2.75) is 0 Å². The summed E-state index contributed by atoms with van der Waals surface area (Å²) in [6, 6.07) is 2.12. The molecule has 0 bridgehead atoms. The number of nitrogens with one attached hydrogen (secondary N) is 2. The second-order valence-corrected chi connectivity index (χ2v) is 2.81. The van der Waals surface area contributed by atoms with Crippen LogP contribution in [0.5, 0.6) is 0 Å². The van der Waals surface area contributed by atoms with Crippen molar-refractivity contribution < 1.29 is 0 Å². The van der Waals surface area contributed by atoms with Crippen molar-refractivity contribution in [3.05, 3.63) is 18.5 Å². The lowest BCUT2D eigenvalue weighted by molar-refractivity contribution is 0.589. The maximum atomic E-state index is 3.32. The molecule has 1 fully saturated rings. The Morgan fingerprint density at radius 2 is 2.09 bits per heavy atom. The molecule has 0 atom stereocenters. The minimum Gasteiger partial charge on any atom is -0.368 e. The molecule has 11 heavy (non-hydrogen) atoms. The maximum Gasteiger partial charge on any atom is 0.0544 e. The Kier molecular flexibility index (Phi) is 1.81. The van der Waals surface area contributed by atoms with Crippen LogP contribution < -0.4 is 10.2 Å². The predicted molar refractivity (Wildman–Crippen MR) is 45.9 cm³/mol. The third kappa shape index (κ3) is 1.38. The smallest absolute Gasteiger partial charge is 0.0544 e. The molecule has 0 radical (unpaired) electrons. The van der Waals surface area contributed by atoms with Gasteiger partial charge in [-0.2, -0.15) is 0 Å². The molecular formula is C8H13N3. The van der Waals surface area contributed by atoms with E-state index in [1.165, 1.54) is 5.69 Å².